The SMILES string of the molecule is Cc1ccc(S(=O)(=O)N(CC(=O)N(Cc2ccc(Cl)c(Cl)c2)[C@@H](C)C(=O)NC2CCCCC2)c2ccc(Cl)cc2)cc1. The Morgan fingerprint density at radius 1 is 0.905 bits per heavy atom. The molecule has 3 aromatic rings. The molecular weight excluding hydrogens is 617 g/mol. The van der Waals surface area contributed by atoms with Crippen LogP contribution in [0.1, 0.15) is 50.2 Å². The first-order valence-electron chi connectivity index (χ1n) is 13.8. The molecule has 0 heterocycles. The number of amides is 2. The average Bonchev–Trinajstić information content (AvgIpc) is 2.97. The van der Waals surface area contributed by atoms with Gasteiger partial charge >= 0.3 is 0 Å². The Morgan fingerprint density at radius 3 is 2.17 bits per heavy atom. The van der Waals surface area contributed by atoms with E-state index in [4.69, 9.17) is 34.8 Å². The molecule has 0 aliphatic heterocycles. The van der Waals surface area contributed by atoms with Crippen LogP contribution in [-0.2, 0) is 26.2 Å². The average molecular weight is 651 g/mol. The second-order valence-electron chi connectivity index (χ2n) is 10.6. The maximum absolute atomic E-state index is 14.1. The number of rotatable bonds is 10. The molecule has 3 aromatic carbocycles. The number of nitrogens with one attached hydrogen (secondary N) is 1. The zero-order valence-electron chi connectivity index (χ0n) is 23.5. The number of carbonyl (C=O) groups excluding carboxylic acids is 2. The molecule has 0 radical (unpaired) electrons. The Bertz CT molecular complexity index is 1510. The molecule has 1 saturated carbocycles. The topological polar surface area (TPSA) is 86.8 Å². The summed E-state index contributed by atoms with van der Waals surface area (Å²) in [6.45, 7) is 2.99. The van der Waals surface area contributed by atoms with E-state index < -0.39 is 28.5 Å². The predicted octanol–water partition coefficient (Wildman–Crippen LogP) is 7.02. The van der Waals surface area contributed by atoms with Crippen molar-refractivity contribution >= 4 is 62.3 Å². The molecule has 42 heavy (non-hydrogen) atoms. The second-order valence-corrected chi connectivity index (χ2v) is 13.7. The smallest absolute Gasteiger partial charge is 0.264 e. The van der Waals surface area contributed by atoms with E-state index >= 15 is 0 Å². The number of carbonyl (C=O) groups is 2. The fraction of sp³-hybridized carbons (Fsp3) is 0.355. The van der Waals surface area contributed by atoms with Gasteiger partial charge in [0.05, 0.1) is 20.6 Å². The van der Waals surface area contributed by atoms with Gasteiger partial charge in [-0.3, -0.25) is 13.9 Å². The maximum atomic E-state index is 14.1. The zero-order chi connectivity index (χ0) is 30.4. The summed E-state index contributed by atoms with van der Waals surface area (Å²) in [5, 5.41) is 4.18. The minimum Gasteiger partial charge on any atom is -0.352 e. The van der Waals surface area contributed by atoms with Crippen LogP contribution in [0.25, 0.3) is 0 Å². The third-order valence-electron chi connectivity index (χ3n) is 7.46. The lowest BCUT2D eigenvalue weighted by Crippen LogP contribution is -2.53. The molecular formula is C31H34Cl3N3O4S. The summed E-state index contributed by atoms with van der Waals surface area (Å²) in [4.78, 5) is 28.9. The molecule has 11 heteroatoms. The summed E-state index contributed by atoms with van der Waals surface area (Å²) in [6.07, 6.45) is 4.99. The van der Waals surface area contributed by atoms with Crippen molar-refractivity contribution in [3.05, 3.63) is 92.9 Å². The van der Waals surface area contributed by atoms with Crippen LogP contribution in [0.3, 0.4) is 0 Å². The first-order valence-corrected chi connectivity index (χ1v) is 16.4. The van der Waals surface area contributed by atoms with Crippen LogP contribution in [0.4, 0.5) is 5.69 Å². The number of anilines is 1. The fourth-order valence-corrected chi connectivity index (χ4v) is 6.82. The molecule has 0 spiro atoms. The van der Waals surface area contributed by atoms with Crippen molar-refractivity contribution in [2.75, 3.05) is 10.8 Å². The number of nitrogens with zero attached hydrogens (tertiary/aromatic N) is 2. The number of benzene rings is 3. The maximum Gasteiger partial charge on any atom is 0.264 e. The molecule has 0 saturated heterocycles. The molecule has 0 bridgehead atoms. The van der Waals surface area contributed by atoms with E-state index in [9.17, 15) is 18.0 Å². The Balaban J connectivity index is 1.68. The molecule has 1 aliphatic carbocycles. The molecule has 7 nitrogen and oxygen atoms in total. The third kappa shape index (κ3) is 7.98. The van der Waals surface area contributed by atoms with Gasteiger partial charge in [0.1, 0.15) is 12.6 Å². The lowest BCUT2D eigenvalue weighted by atomic mass is 9.95. The van der Waals surface area contributed by atoms with Crippen molar-refractivity contribution in [3.63, 3.8) is 0 Å². The quantitative estimate of drug-likeness (QED) is 0.256. The van der Waals surface area contributed by atoms with Gasteiger partial charge in [-0.1, -0.05) is 77.8 Å². The van der Waals surface area contributed by atoms with Crippen LogP contribution in [0.2, 0.25) is 15.1 Å². The minimum absolute atomic E-state index is 0.0218. The van der Waals surface area contributed by atoms with Gasteiger partial charge in [-0.15, -0.1) is 0 Å². The number of hydrogen-bond donors (Lipinski definition) is 1. The van der Waals surface area contributed by atoms with E-state index in [1.165, 1.54) is 17.0 Å². The second kappa shape index (κ2) is 14.1. The fourth-order valence-electron chi connectivity index (χ4n) is 4.96. The monoisotopic (exact) mass is 649 g/mol. The zero-order valence-corrected chi connectivity index (χ0v) is 26.6. The summed E-state index contributed by atoms with van der Waals surface area (Å²) in [5.74, 6) is -0.854. The van der Waals surface area contributed by atoms with Gasteiger partial charge in [-0.2, -0.15) is 0 Å². The summed E-state index contributed by atoms with van der Waals surface area (Å²) in [7, 11) is -4.16. The number of halogens is 3. The standard InChI is InChI=1S/C31H34Cl3N3O4S/c1-21-8-15-27(16-9-21)42(40,41)37(26-13-11-24(32)12-14-26)20-30(38)36(19-23-10-17-28(33)29(34)18-23)22(2)31(39)35-25-6-4-3-5-7-25/h8-18,22,25H,3-7,19-20H2,1-2H3,(H,35,39)/t22-/m0/s1. The van der Waals surface area contributed by atoms with Crippen LogP contribution < -0.4 is 9.62 Å². The molecule has 224 valence electrons. The lowest BCUT2D eigenvalue weighted by Gasteiger charge is -2.33. The Hall–Kier alpha value is -2.78. The molecule has 1 N–H and O–H groups in total. The highest BCUT2D eigenvalue weighted by atomic mass is 35.5. The van der Waals surface area contributed by atoms with E-state index in [1.807, 2.05) is 6.92 Å². The normalized spacial score (nSPS) is 14.7. The van der Waals surface area contributed by atoms with Crippen LogP contribution in [0.15, 0.2) is 71.6 Å². The van der Waals surface area contributed by atoms with Crippen molar-refractivity contribution in [2.45, 2.75) is 69.5 Å². The first kappa shape index (κ1) is 32.1. The van der Waals surface area contributed by atoms with E-state index in [0.717, 1.165) is 42.0 Å². The van der Waals surface area contributed by atoms with Crippen molar-refractivity contribution in [2.24, 2.45) is 0 Å². The molecule has 0 unspecified atom stereocenters. The van der Waals surface area contributed by atoms with E-state index in [0.29, 0.717) is 20.6 Å². The van der Waals surface area contributed by atoms with Gasteiger partial charge in [0, 0.05) is 17.6 Å². The van der Waals surface area contributed by atoms with E-state index in [2.05, 4.69) is 5.32 Å². The summed E-state index contributed by atoms with van der Waals surface area (Å²) >= 11 is 18.4. The Labute approximate surface area is 262 Å². The predicted molar refractivity (Wildman–Crippen MR) is 169 cm³/mol. The molecule has 2 amide bonds. The van der Waals surface area contributed by atoms with Gasteiger partial charge < -0.3 is 10.2 Å². The summed E-state index contributed by atoms with van der Waals surface area (Å²) < 4.78 is 28.9. The highest BCUT2D eigenvalue weighted by Crippen LogP contribution is 2.28. The molecule has 0 aromatic heterocycles. The van der Waals surface area contributed by atoms with Gasteiger partial charge in [0.2, 0.25) is 11.8 Å². The molecule has 1 fully saturated rings. The molecule has 1 aliphatic rings. The van der Waals surface area contributed by atoms with Gasteiger partial charge in [0.15, 0.2) is 0 Å². The van der Waals surface area contributed by atoms with E-state index in [1.54, 1.807) is 61.5 Å². The van der Waals surface area contributed by atoms with Gasteiger partial charge in [-0.25, -0.2) is 8.42 Å². The highest BCUT2D eigenvalue weighted by molar-refractivity contribution is 7.92. The minimum atomic E-state index is -4.16. The Kier molecular flexibility index (Phi) is 10.8. The van der Waals surface area contributed by atoms with Crippen molar-refractivity contribution in [1.82, 2.24) is 10.2 Å². The highest BCUT2D eigenvalue weighted by Gasteiger charge is 2.33. The molecule has 4 rings (SSSR count). The number of aryl methyl sites for hydroxylation is 1. The van der Waals surface area contributed by atoms with Crippen molar-refractivity contribution in [3.8, 4) is 0 Å². The summed E-state index contributed by atoms with van der Waals surface area (Å²) in [6, 6.07) is 16.8. The number of hydrogen-bond acceptors (Lipinski definition) is 4. The molecule has 1 atom stereocenters. The summed E-state index contributed by atoms with van der Waals surface area (Å²) in [5.41, 5.74) is 1.81. The van der Waals surface area contributed by atoms with Crippen LogP contribution in [0, 0.1) is 6.92 Å². The van der Waals surface area contributed by atoms with Gasteiger partial charge in [-0.05, 0) is 80.8 Å². The lowest BCUT2D eigenvalue weighted by molar-refractivity contribution is -0.139. The van der Waals surface area contributed by atoms with Gasteiger partial charge in [0.25, 0.3) is 10.0 Å². The van der Waals surface area contributed by atoms with Crippen LogP contribution in [-0.4, -0.2) is 43.8 Å². The van der Waals surface area contributed by atoms with E-state index in [-0.39, 0.29) is 29.1 Å². The largest absolute Gasteiger partial charge is 0.352 e. The Morgan fingerprint density at radius 2 is 1.55 bits per heavy atom. The first-order chi connectivity index (χ1) is 20.0. The van der Waals surface area contributed by atoms with Crippen LogP contribution in [0.5, 0.6) is 0 Å². The van der Waals surface area contributed by atoms with Crippen molar-refractivity contribution in [1.29, 1.82) is 0 Å². The number of sulfonamides is 1. The third-order valence-corrected chi connectivity index (χ3v) is 10.2. The van der Waals surface area contributed by atoms with Crippen molar-refractivity contribution < 1.29 is 18.0 Å². The van der Waals surface area contributed by atoms with Crippen LogP contribution >= 0.6 is 34.8 Å².